The van der Waals surface area contributed by atoms with Crippen molar-refractivity contribution in [3.8, 4) is 0 Å². The number of fused-ring (bicyclic) bond motifs is 1. The molecule has 1 aliphatic carbocycles. The number of halogens is 1. The van der Waals surface area contributed by atoms with Gasteiger partial charge in [0.25, 0.3) is 5.91 Å². The van der Waals surface area contributed by atoms with Gasteiger partial charge in [-0.25, -0.2) is 9.18 Å². The van der Waals surface area contributed by atoms with Crippen LogP contribution >= 0.6 is 0 Å². The van der Waals surface area contributed by atoms with E-state index in [2.05, 4.69) is 5.32 Å². The topological polar surface area (TPSA) is 66.4 Å². The molecule has 2 N–H and O–H groups in total. The average molecular weight is 273 g/mol. The molecule has 0 bridgehead atoms. The lowest BCUT2D eigenvalue weighted by Gasteiger charge is -2.13. The Bertz CT molecular complexity index is 722. The molecule has 3 rings (SSSR count). The molecule has 2 aromatic carbocycles. The highest BCUT2D eigenvalue weighted by Gasteiger charge is 2.51. The van der Waals surface area contributed by atoms with E-state index in [0.717, 1.165) is 0 Å². The lowest BCUT2D eigenvalue weighted by Crippen LogP contribution is -2.43. The molecule has 0 heterocycles. The molecule has 0 unspecified atom stereocenters. The van der Waals surface area contributed by atoms with E-state index in [1.54, 1.807) is 24.3 Å². The Morgan fingerprint density at radius 2 is 1.75 bits per heavy atom. The highest BCUT2D eigenvalue weighted by Crippen LogP contribution is 2.36. The molecule has 102 valence electrons. The minimum absolute atomic E-state index is 0.287. The second-order valence-electron chi connectivity index (χ2n) is 4.98. The number of rotatable bonds is 3. The van der Waals surface area contributed by atoms with Gasteiger partial charge >= 0.3 is 5.97 Å². The molecule has 0 saturated heterocycles. The molecule has 4 nitrogen and oxygen atoms in total. The second-order valence-corrected chi connectivity index (χ2v) is 4.98. The van der Waals surface area contributed by atoms with Gasteiger partial charge in [-0.05, 0) is 30.4 Å². The van der Waals surface area contributed by atoms with Gasteiger partial charge in [-0.1, -0.05) is 24.3 Å². The Hall–Kier alpha value is -2.43. The predicted octanol–water partition coefficient (Wildman–Crippen LogP) is 2.33. The molecule has 0 radical (unpaired) electrons. The van der Waals surface area contributed by atoms with Crippen molar-refractivity contribution in [2.75, 3.05) is 0 Å². The zero-order chi connectivity index (χ0) is 14.3. The molecule has 0 spiro atoms. The van der Waals surface area contributed by atoms with E-state index >= 15 is 0 Å². The molecular formula is C15H12FNO3. The molecule has 1 aliphatic rings. The van der Waals surface area contributed by atoms with E-state index < -0.39 is 23.2 Å². The average Bonchev–Trinajstić information content (AvgIpc) is 3.20. The van der Waals surface area contributed by atoms with Crippen LogP contribution in [0.15, 0.2) is 36.4 Å². The summed E-state index contributed by atoms with van der Waals surface area (Å²) in [6, 6.07) is 9.23. The maximum Gasteiger partial charge on any atom is 0.329 e. The SMILES string of the molecule is O=C(NC1(C(=O)O)CC1)c1ccc(F)c2ccccc12. The lowest BCUT2D eigenvalue weighted by molar-refractivity contribution is -0.140. The monoisotopic (exact) mass is 273 g/mol. The Balaban J connectivity index is 2.01. The quantitative estimate of drug-likeness (QED) is 0.902. The van der Waals surface area contributed by atoms with E-state index in [1.165, 1.54) is 12.1 Å². The van der Waals surface area contributed by atoms with Gasteiger partial charge in [-0.15, -0.1) is 0 Å². The summed E-state index contributed by atoms with van der Waals surface area (Å²) in [5, 5.41) is 12.4. The predicted molar refractivity (Wildman–Crippen MR) is 71.0 cm³/mol. The van der Waals surface area contributed by atoms with Gasteiger partial charge < -0.3 is 10.4 Å². The third-order valence-corrected chi connectivity index (χ3v) is 3.63. The standard InChI is InChI=1S/C15H12FNO3/c16-12-6-5-11(9-3-1-2-4-10(9)12)13(18)17-15(7-8-15)14(19)20/h1-6H,7-8H2,(H,17,18)(H,19,20). The van der Waals surface area contributed by atoms with Crippen LogP contribution in [0, 0.1) is 5.82 Å². The van der Waals surface area contributed by atoms with Crippen molar-refractivity contribution in [1.29, 1.82) is 0 Å². The normalized spacial score (nSPS) is 15.8. The molecule has 20 heavy (non-hydrogen) atoms. The fraction of sp³-hybridized carbons (Fsp3) is 0.200. The van der Waals surface area contributed by atoms with Crippen LogP contribution < -0.4 is 5.32 Å². The molecule has 1 amide bonds. The first-order valence-corrected chi connectivity index (χ1v) is 6.27. The van der Waals surface area contributed by atoms with Gasteiger partial charge in [0.05, 0.1) is 0 Å². The van der Waals surface area contributed by atoms with Crippen LogP contribution in [0.3, 0.4) is 0 Å². The highest BCUT2D eigenvalue weighted by atomic mass is 19.1. The summed E-state index contributed by atoms with van der Waals surface area (Å²) in [5.41, 5.74) is -0.860. The van der Waals surface area contributed by atoms with Gasteiger partial charge in [-0.2, -0.15) is 0 Å². The van der Waals surface area contributed by atoms with Crippen molar-refractivity contribution in [1.82, 2.24) is 5.32 Å². The summed E-state index contributed by atoms with van der Waals surface area (Å²) in [6.45, 7) is 0. The second kappa shape index (κ2) is 4.30. The van der Waals surface area contributed by atoms with E-state index in [1.807, 2.05) is 0 Å². The van der Waals surface area contributed by atoms with Gasteiger partial charge in [0.1, 0.15) is 11.4 Å². The largest absolute Gasteiger partial charge is 0.480 e. The number of carboxylic acid groups (broad SMARTS) is 1. The maximum absolute atomic E-state index is 13.7. The molecule has 2 aromatic rings. The van der Waals surface area contributed by atoms with E-state index in [9.17, 15) is 14.0 Å². The van der Waals surface area contributed by atoms with E-state index in [4.69, 9.17) is 5.11 Å². The Kier molecular flexibility index (Phi) is 2.71. The summed E-state index contributed by atoms with van der Waals surface area (Å²) < 4.78 is 13.7. The van der Waals surface area contributed by atoms with Crippen LogP contribution in [0.1, 0.15) is 23.2 Å². The summed E-state index contributed by atoms with van der Waals surface area (Å²) in [5.74, 6) is -1.92. The first kappa shape index (κ1) is 12.6. The molecule has 1 fully saturated rings. The van der Waals surface area contributed by atoms with Crippen molar-refractivity contribution < 1.29 is 19.1 Å². The first-order valence-electron chi connectivity index (χ1n) is 6.27. The third kappa shape index (κ3) is 1.91. The van der Waals surface area contributed by atoms with Crippen molar-refractivity contribution >= 4 is 22.6 Å². The van der Waals surface area contributed by atoms with Gasteiger partial charge in [0, 0.05) is 10.9 Å². The number of carbonyl (C=O) groups is 2. The van der Waals surface area contributed by atoms with Crippen LogP contribution in [0.5, 0.6) is 0 Å². The van der Waals surface area contributed by atoms with Crippen molar-refractivity contribution in [3.05, 3.63) is 47.8 Å². The maximum atomic E-state index is 13.7. The Morgan fingerprint density at radius 3 is 2.35 bits per heavy atom. The Labute approximate surface area is 114 Å². The molecular weight excluding hydrogens is 261 g/mol. The number of benzene rings is 2. The number of hydrogen-bond donors (Lipinski definition) is 2. The third-order valence-electron chi connectivity index (χ3n) is 3.63. The number of nitrogens with one attached hydrogen (secondary N) is 1. The minimum Gasteiger partial charge on any atom is -0.480 e. The molecule has 0 aromatic heterocycles. The highest BCUT2D eigenvalue weighted by molar-refractivity contribution is 6.08. The van der Waals surface area contributed by atoms with Crippen LogP contribution in [0.25, 0.3) is 10.8 Å². The summed E-state index contributed by atoms with van der Waals surface area (Å²) in [7, 11) is 0. The van der Waals surface area contributed by atoms with Gasteiger partial charge in [0.2, 0.25) is 0 Å². The molecule has 0 atom stereocenters. The smallest absolute Gasteiger partial charge is 0.329 e. The van der Waals surface area contributed by atoms with Crippen LogP contribution in [-0.2, 0) is 4.79 Å². The zero-order valence-electron chi connectivity index (χ0n) is 10.5. The van der Waals surface area contributed by atoms with Crippen LogP contribution in [-0.4, -0.2) is 22.5 Å². The Morgan fingerprint density at radius 1 is 1.10 bits per heavy atom. The van der Waals surface area contributed by atoms with Crippen molar-refractivity contribution in [2.45, 2.75) is 18.4 Å². The number of aliphatic carboxylic acids is 1. The van der Waals surface area contributed by atoms with Gasteiger partial charge in [0.15, 0.2) is 0 Å². The molecule has 5 heteroatoms. The first-order chi connectivity index (χ1) is 9.53. The van der Waals surface area contributed by atoms with E-state index in [0.29, 0.717) is 23.6 Å². The van der Waals surface area contributed by atoms with Crippen molar-refractivity contribution in [2.24, 2.45) is 0 Å². The van der Waals surface area contributed by atoms with Crippen LogP contribution in [0.2, 0.25) is 0 Å². The van der Waals surface area contributed by atoms with Crippen LogP contribution in [0.4, 0.5) is 4.39 Å². The van der Waals surface area contributed by atoms with Gasteiger partial charge in [-0.3, -0.25) is 4.79 Å². The van der Waals surface area contributed by atoms with Crippen molar-refractivity contribution in [3.63, 3.8) is 0 Å². The summed E-state index contributed by atoms with van der Waals surface area (Å²) in [4.78, 5) is 23.3. The summed E-state index contributed by atoms with van der Waals surface area (Å²) >= 11 is 0. The fourth-order valence-electron chi connectivity index (χ4n) is 2.26. The number of carbonyl (C=O) groups excluding carboxylic acids is 1. The number of carboxylic acids is 1. The summed E-state index contributed by atoms with van der Waals surface area (Å²) in [6.07, 6.45) is 0.848. The minimum atomic E-state index is -1.15. The lowest BCUT2D eigenvalue weighted by atomic mass is 10.0. The number of amides is 1. The fourth-order valence-corrected chi connectivity index (χ4v) is 2.26. The zero-order valence-corrected chi connectivity index (χ0v) is 10.5. The van der Waals surface area contributed by atoms with E-state index in [-0.39, 0.29) is 5.56 Å². The molecule has 0 aliphatic heterocycles. The number of hydrogen-bond acceptors (Lipinski definition) is 2. The molecule has 1 saturated carbocycles.